The lowest BCUT2D eigenvalue weighted by molar-refractivity contribution is 0.0975. The molecule has 2 aromatic rings. The lowest BCUT2D eigenvalue weighted by Gasteiger charge is -2.11. The zero-order chi connectivity index (χ0) is 14.7. The normalized spacial score (nSPS) is 11.7. The van der Waals surface area contributed by atoms with E-state index in [9.17, 15) is 14.4 Å². The zero-order valence-corrected chi connectivity index (χ0v) is 12.5. The Labute approximate surface area is 128 Å². The highest BCUT2D eigenvalue weighted by atomic mass is 79.9. The number of ketones is 1. The van der Waals surface area contributed by atoms with Gasteiger partial charge in [0.1, 0.15) is 11.7 Å². The number of benzene rings is 2. The standard InChI is InChI=1S/C15H8BrClFNO/c16-9-5-6-11(14(18)7-9)15(20)12(8-19)10-3-1-2-4-13(10)17/h1-7,12H. The molecule has 5 heteroatoms. The summed E-state index contributed by atoms with van der Waals surface area (Å²) in [5.74, 6) is -2.40. The maximum atomic E-state index is 13.8. The van der Waals surface area contributed by atoms with Gasteiger partial charge in [-0.25, -0.2) is 4.39 Å². The molecule has 0 saturated heterocycles. The minimum Gasteiger partial charge on any atom is -0.292 e. The van der Waals surface area contributed by atoms with E-state index in [0.717, 1.165) is 0 Å². The third-order valence-electron chi connectivity index (χ3n) is 2.80. The third-order valence-corrected chi connectivity index (χ3v) is 3.64. The fourth-order valence-corrected chi connectivity index (χ4v) is 2.40. The van der Waals surface area contributed by atoms with Crippen molar-refractivity contribution in [1.82, 2.24) is 0 Å². The number of hydrogen-bond acceptors (Lipinski definition) is 2. The Morgan fingerprint density at radius 2 is 2.00 bits per heavy atom. The Bertz CT molecular complexity index is 711. The van der Waals surface area contributed by atoms with E-state index >= 15 is 0 Å². The first kappa shape index (κ1) is 14.7. The van der Waals surface area contributed by atoms with E-state index in [4.69, 9.17) is 11.6 Å². The topological polar surface area (TPSA) is 40.9 Å². The quantitative estimate of drug-likeness (QED) is 0.749. The average molecular weight is 353 g/mol. The summed E-state index contributed by atoms with van der Waals surface area (Å²) in [5, 5.41) is 9.53. The number of carbonyl (C=O) groups excluding carboxylic acids is 1. The predicted molar refractivity (Wildman–Crippen MR) is 78.2 cm³/mol. The third kappa shape index (κ3) is 2.90. The number of carbonyl (C=O) groups is 1. The van der Waals surface area contributed by atoms with Crippen LogP contribution in [-0.4, -0.2) is 5.78 Å². The number of nitrogens with zero attached hydrogens (tertiary/aromatic N) is 1. The van der Waals surface area contributed by atoms with Crippen LogP contribution in [0.25, 0.3) is 0 Å². The Kier molecular flexibility index (Phi) is 4.53. The van der Waals surface area contributed by atoms with Crippen molar-refractivity contribution in [1.29, 1.82) is 5.26 Å². The van der Waals surface area contributed by atoms with E-state index < -0.39 is 17.5 Å². The molecule has 0 amide bonds. The molecule has 0 radical (unpaired) electrons. The number of rotatable bonds is 3. The van der Waals surface area contributed by atoms with Crippen molar-refractivity contribution in [3.8, 4) is 6.07 Å². The van der Waals surface area contributed by atoms with Crippen LogP contribution in [-0.2, 0) is 0 Å². The molecule has 0 aliphatic rings. The Balaban J connectivity index is 2.45. The second-order valence-corrected chi connectivity index (χ2v) is 5.39. The fraction of sp³-hybridized carbons (Fsp3) is 0.0667. The molecule has 0 fully saturated rings. The van der Waals surface area contributed by atoms with E-state index in [1.165, 1.54) is 12.1 Å². The molecule has 0 saturated carbocycles. The van der Waals surface area contributed by atoms with Crippen LogP contribution in [0.3, 0.4) is 0 Å². The minimum atomic E-state index is -1.13. The van der Waals surface area contributed by atoms with Crippen molar-refractivity contribution in [2.45, 2.75) is 5.92 Å². The summed E-state index contributed by atoms with van der Waals surface area (Å²) >= 11 is 9.11. The van der Waals surface area contributed by atoms with Crippen LogP contribution in [0.1, 0.15) is 21.8 Å². The van der Waals surface area contributed by atoms with E-state index in [1.54, 1.807) is 30.3 Å². The molecule has 0 bridgehead atoms. The lowest BCUT2D eigenvalue weighted by Crippen LogP contribution is -2.13. The van der Waals surface area contributed by atoms with Gasteiger partial charge in [0.15, 0.2) is 5.78 Å². The summed E-state index contributed by atoms with van der Waals surface area (Å²) in [6, 6.07) is 12.5. The van der Waals surface area contributed by atoms with E-state index in [1.807, 2.05) is 6.07 Å². The molecule has 0 aromatic heterocycles. The van der Waals surface area contributed by atoms with Crippen LogP contribution >= 0.6 is 27.5 Å². The van der Waals surface area contributed by atoms with Gasteiger partial charge in [-0.2, -0.15) is 5.26 Å². The van der Waals surface area contributed by atoms with Crippen LogP contribution in [0.15, 0.2) is 46.9 Å². The first-order valence-corrected chi connectivity index (χ1v) is 6.85. The van der Waals surface area contributed by atoms with Crippen molar-refractivity contribution in [2.75, 3.05) is 0 Å². The van der Waals surface area contributed by atoms with Crippen LogP contribution < -0.4 is 0 Å². The molecule has 1 unspecified atom stereocenters. The van der Waals surface area contributed by atoms with Crippen molar-refractivity contribution in [3.05, 3.63) is 68.9 Å². The summed E-state index contributed by atoms with van der Waals surface area (Å²) in [6.45, 7) is 0. The van der Waals surface area contributed by atoms with Gasteiger partial charge < -0.3 is 0 Å². The van der Waals surface area contributed by atoms with E-state index in [-0.39, 0.29) is 5.56 Å². The largest absolute Gasteiger partial charge is 0.292 e. The van der Waals surface area contributed by atoms with Gasteiger partial charge in [0.05, 0.1) is 11.6 Å². The SMILES string of the molecule is N#CC(C(=O)c1ccc(Br)cc1F)c1ccccc1Cl. The fourth-order valence-electron chi connectivity index (χ4n) is 1.82. The van der Waals surface area contributed by atoms with Gasteiger partial charge in [-0.1, -0.05) is 45.7 Å². The Hall–Kier alpha value is -1.70. The second kappa shape index (κ2) is 6.17. The number of hydrogen-bond donors (Lipinski definition) is 0. The molecule has 0 aliphatic heterocycles. The van der Waals surface area contributed by atoms with Crippen molar-refractivity contribution >= 4 is 33.3 Å². The summed E-state index contributed by atoms with van der Waals surface area (Å²) < 4.78 is 14.3. The van der Waals surface area contributed by atoms with Gasteiger partial charge in [0.2, 0.25) is 0 Å². The summed E-state index contributed by atoms with van der Waals surface area (Å²) in [6.07, 6.45) is 0. The van der Waals surface area contributed by atoms with Gasteiger partial charge >= 0.3 is 0 Å². The molecule has 2 rings (SSSR count). The summed E-state index contributed by atoms with van der Waals surface area (Å²) in [5.41, 5.74) is 0.253. The predicted octanol–water partition coefficient (Wildman–Crippen LogP) is 4.73. The number of halogens is 3. The highest BCUT2D eigenvalue weighted by molar-refractivity contribution is 9.10. The van der Waals surface area contributed by atoms with Gasteiger partial charge in [-0.05, 0) is 29.8 Å². The second-order valence-electron chi connectivity index (χ2n) is 4.07. The first-order valence-electron chi connectivity index (χ1n) is 5.68. The first-order chi connectivity index (χ1) is 9.54. The molecule has 2 aromatic carbocycles. The van der Waals surface area contributed by atoms with Gasteiger partial charge in [0.25, 0.3) is 0 Å². The van der Waals surface area contributed by atoms with Crippen molar-refractivity contribution in [3.63, 3.8) is 0 Å². The van der Waals surface area contributed by atoms with E-state index in [0.29, 0.717) is 15.1 Å². The van der Waals surface area contributed by atoms with Gasteiger partial charge in [-0.3, -0.25) is 4.79 Å². The summed E-state index contributed by atoms with van der Waals surface area (Å²) in [4.78, 5) is 12.3. The van der Waals surface area contributed by atoms with Crippen LogP contribution in [0, 0.1) is 17.1 Å². The summed E-state index contributed by atoms with van der Waals surface area (Å²) in [7, 11) is 0. The molecule has 0 spiro atoms. The van der Waals surface area contributed by atoms with E-state index in [2.05, 4.69) is 15.9 Å². The number of Topliss-reactive ketones (excluding diaryl/α,β-unsaturated/α-hetero) is 1. The lowest BCUT2D eigenvalue weighted by atomic mass is 9.91. The van der Waals surface area contributed by atoms with Crippen molar-refractivity contribution in [2.24, 2.45) is 0 Å². The van der Waals surface area contributed by atoms with Crippen LogP contribution in [0.5, 0.6) is 0 Å². The Morgan fingerprint density at radius 3 is 2.60 bits per heavy atom. The molecule has 100 valence electrons. The maximum absolute atomic E-state index is 13.8. The smallest absolute Gasteiger partial charge is 0.187 e. The molecular formula is C15H8BrClFNO. The maximum Gasteiger partial charge on any atom is 0.187 e. The van der Waals surface area contributed by atoms with Crippen LogP contribution in [0.4, 0.5) is 4.39 Å². The molecular weight excluding hydrogens is 345 g/mol. The highest BCUT2D eigenvalue weighted by Crippen LogP contribution is 2.28. The minimum absolute atomic E-state index is 0.125. The van der Waals surface area contributed by atoms with Gasteiger partial charge in [-0.15, -0.1) is 0 Å². The highest BCUT2D eigenvalue weighted by Gasteiger charge is 2.25. The molecule has 0 aliphatic carbocycles. The number of nitriles is 1. The molecule has 0 N–H and O–H groups in total. The molecule has 1 atom stereocenters. The average Bonchev–Trinajstić information content (AvgIpc) is 2.41. The molecule has 2 nitrogen and oxygen atoms in total. The van der Waals surface area contributed by atoms with Crippen LogP contribution in [0.2, 0.25) is 5.02 Å². The molecule has 20 heavy (non-hydrogen) atoms. The van der Waals surface area contributed by atoms with Gasteiger partial charge in [0, 0.05) is 9.50 Å². The zero-order valence-electron chi connectivity index (χ0n) is 10.1. The molecule has 0 heterocycles. The monoisotopic (exact) mass is 351 g/mol. The Morgan fingerprint density at radius 1 is 1.30 bits per heavy atom. The van der Waals surface area contributed by atoms with Crippen molar-refractivity contribution < 1.29 is 9.18 Å².